The van der Waals surface area contributed by atoms with Crippen LogP contribution in [0.4, 0.5) is 4.39 Å². The van der Waals surface area contributed by atoms with Gasteiger partial charge in [-0.1, -0.05) is 0 Å². The smallest absolute Gasteiger partial charge is 0.240 e. The zero-order valence-electron chi connectivity index (χ0n) is 9.86. The molecule has 8 heteroatoms. The topological polar surface area (TPSA) is 95.9 Å². The van der Waals surface area contributed by atoms with E-state index in [4.69, 9.17) is 9.84 Å². The van der Waals surface area contributed by atoms with E-state index in [1.807, 2.05) is 0 Å². The minimum absolute atomic E-state index is 0.0349. The van der Waals surface area contributed by atoms with Crippen LogP contribution in [0.25, 0.3) is 0 Å². The highest BCUT2D eigenvalue weighted by atomic mass is 32.2. The Labute approximate surface area is 109 Å². The van der Waals surface area contributed by atoms with Crippen molar-refractivity contribution in [1.29, 1.82) is 0 Å². The van der Waals surface area contributed by atoms with Crippen molar-refractivity contribution in [3.63, 3.8) is 0 Å². The number of aliphatic hydroxyl groups excluding tert-OH is 2. The molecule has 2 rings (SSSR count). The second kappa shape index (κ2) is 5.51. The molecule has 0 amide bonds. The molecule has 1 aliphatic rings. The molecule has 106 valence electrons. The van der Waals surface area contributed by atoms with Crippen molar-refractivity contribution in [3.8, 4) is 0 Å². The largest absolute Gasteiger partial charge is 0.394 e. The molecule has 1 heterocycles. The molecule has 0 aliphatic carbocycles. The molecule has 3 atom stereocenters. The zero-order chi connectivity index (χ0) is 14.0. The summed E-state index contributed by atoms with van der Waals surface area (Å²) in [5.74, 6) is -0.538. The second-order valence-electron chi connectivity index (χ2n) is 4.23. The summed E-state index contributed by atoms with van der Waals surface area (Å²) in [5, 5.41) is 18.6. The minimum Gasteiger partial charge on any atom is -0.394 e. The summed E-state index contributed by atoms with van der Waals surface area (Å²) in [7, 11) is -3.86. The van der Waals surface area contributed by atoms with Crippen molar-refractivity contribution in [1.82, 2.24) is 4.72 Å². The summed E-state index contributed by atoms with van der Waals surface area (Å²) in [6.07, 6.45) is -1.93. The fourth-order valence-electron chi connectivity index (χ4n) is 1.83. The van der Waals surface area contributed by atoms with E-state index in [0.29, 0.717) is 0 Å². The van der Waals surface area contributed by atoms with E-state index in [9.17, 15) is 17.9 Å². The number of rotatable bonds is 4. The lowest BCUT2D eigenvalue weighted by Crippen LogP contribution is -2.44. The minimum atomic E-state index is -3.86. The highest BCUT2D eigenvalue weighted by molar-refractivity contribution is 7.89. The number of nitrogens with one attached hydrogen (secondary N) is 1. The summed E-state index contributed by atoms with van der Waals surface area (Å²) in [5.41, 5.74) is 0. The standard InChI is InChI=1S/C11H14FNO5S/c12-7-1-3-8(4-2-7)19(16,17)13-9-6-18-10(5-14)11(9)15/h1-4,9-11,13-15H,5-6H2. The molecule has 19 heavy (non-hydrogen) atoms. The lowest BCUT2D eigenvalue weighted by molar-refractivity contribution is 0.00311. The maximum Gasteiger partial charge on any atom is 0.240 e. The molecule has 1 saturated heterocycles. The first kappa shape index (κ1) is 14.4. The first-order chi connectivity index (χ1) is 8.94. The van der Waals surface area contributed by atoms with Gasteiger partial charge in [-0.05, 0) is 24.3 Å². The number of hydrogen-bond donors (Lipinski definition) is 3. The molecule has 6 nitrogen and oxygen atoms in total. The van der Waals surface area contributed by atoms with Crippen molar-refractivity contribution in [2.24, 2.45) is 0 Å². The summed E-state index contributed by atoms with van der Waals surface area (Å²) in [6.45, 7) is -0.428. The van der Waals surface area contributed by atoms with Crippen molar-refractivity contribution < 1.29 is 27.8 Å². The maximum atomic E-state index is 12.7. The lowest BCUT2D eigenvalue weighted by atomic mass is 10.1. The van der Waals surface area contributed by atoms with Gasteiger partial charge in [0.1, 0.15) is 18.0 Å². The summed E-state index contributed by atoms with van der Waals surface area (Å²) >= 11 is 0. The normalized spacial score (nSPS) is 27.6. The first-order valence-electron chi connectivity index (χ1n) is 5.62. The molecule has 3 N–H and O–H groups in total. The molecule has 3 unspecified atom stereocenters. The fourth-order valence-corrected chi connectivity index (χ4v) is 3.07. The van der Waals surface area contributed by atoms with E-state index in [0.717, 1.165) is 24.3 Å². The molecule has 1 aliphatic heterocycles. The third kappa shape index (κ3) is 3.10. The summed E-state index contributed by atoms with van der Waals surface area (Å²) in [6, 6.07) is 3.48. The van der Waals surface area contributed by atoms with Crippen LogP contribution in [-0.4, -0.2) is 50.1 Å². The molecule has 0 radical (unpaired) electrons. The van der Waals surface area contributed by atoms with E-state index in [1.54, 1.807) is 0 Å². The Kier molecular flexibility index (Phi) is 4.16. The van der Waals surface area contributed by atoms with Crippen LogP contribution in [0.15, 0.2) is 29.2 Å². The van der Waals surface area contributed by atoms with Crippen LogP contribution in [0.2, 0.25) is 0 Å². The first-order valence-corrected chi connectivity index (χ1v) is 7.11. The van der Waals surface area contributed by atoms with Crippen LogP contribution in [0.5, 0.6) is 0 Å². The van der Waals surface area contributed by atoms with Gasteiger partial charge in [0.05, 0.1) is 24.2 Å². The molecule has 1 aromatic rings. The highest BCUT2D eigenvalue weighted by Gasteiger charge is 2.37. The zero-order valence-corrected chi connectivity index (χ0v) is 10.7. The van der Waals surface area contributed by atoms with E-state index >= 15 is 0 Å². The Morgan fingerprint density at radius 3 is 2.53 bits per heavy atom. The van der Waals surface area contributed by atoms with Gasteiger partial charge in [0.25, 0.3) is 0 Å². The molecule has 0 saturated carbocycles. The third-order valence-electron chi connectivity index (χ3n) is 2.89. The van der Waals surface area contributed by atoms with Gasteiger partial charge in [0, 0.05) is 0 Å². The molecule has 1 aromatic carbocycles. The molecule has 0 spiro atoms. The second-order valence-corrected chi connectivity index (χ2v) is 5.94. The van der Waals surface area contributed by atoms with Crippen LogP contribution >= 0.6 is 0 Å². The van der Waals surface area contributed by atoms with Gasteiger partial charge < -0.3 is 14.9 Å². The van der Waals surface area contributed by atoms with Crippen LogP contribution in [0, 0.1) is 5.82 Å². The SMILES string of the molecule is O=S(=O)(NC1COC(CO)C1O)c1ccc(F)cc1. The predicted octanol–water partition coefficient (Wildman–Crippen LogP) is -0.775. The van der Waals surface area contributed by atoms with Gasteiger partial charge in [-0.25, -0.2) is 17.5 Å². The molecular weight excluding hydrogens is 277 g/mol. The van der Waals surface area contributed by atoms with Crippen LogP contribution in [-0.2, 0) is 14.8 Å². The molecule has 0 bridgehead atoms. The van der Waals surface area contributed by atoms with Crippen molar-refractivity contribution >= 4 is 10.0 Å². The average Bonchev–Trinajstić information content (AvgIpc) is 2.70. The van der Waals surface area contributed by atoms with Crippen LogP contribution < -0.4 is 4.72 Å². The Morgan fingerprint density at radius 1 is 1.37 bits per heavy atom. The van der Waals surface area contributed by atoms with E-state index < -0.39 is 40.7 Å². The van der Waals surface area contributed by atoms with Gasteiger partial charge in [0.2, 0.25) is 10.0 Å². The van der Waals surface area contributed by atoms with Crippen molar-refractivity contribution in [3.05, 3.63) is 30.1 Å². The van der Waals surface area contributed by atoms with Gasteiger partial charge in [-0.3, -0.25) is 0 Å². The molecule has 0 aromatic heterocycles. The van der Waals surface area contributed by atoms with E-state index in [2.05, 4.69) is 4.72 Å². The monoisotopic (exact) mass is 291 g/mol. The highest BCUT2D eigenvalue weighted by Crippen LogP contribution is 2.17. The number of hydrogen-bond acceptors (Lipinski definition) is 5. The third-order valence-corrected chi connectivity index (χ3v) is 4.40. The molecule has 1 fully saturated rings. The quantitative estimate of drug-likeness (QED) is 0.676. The van der Waals surface area contributed by atoms with E-state index in [-0.39, 0.29) is 11.5 Å². The summed E-state index contributed by atoms with van der Waals surface area (Å²) < 4.78 is 44.0. The Hall–Kier alpha value is -1.06. The number of benzene rings is 1. The number of halogens is 1. The lowest BCUT2D eigenvalue weighted by Gasteiger charge is -2.17. The van der Waals surface area contributed by atoms with Crippen LogP contribution in [0.3, 0.4) is 0 Å². The fraction of sp³-hybridized carbons (Fsp3) is 0.455. The van der Waals surface area contributed by atoms with Gasteiger partial charge in [-0.2, -0.15) is 0 Å². The number of ether oxygens (including phenoxy) is 1. The maximum absolute atomic E-state index is 12.7. The molecular formula is C11H14FNO5S. The van der Waals surface area contributed by atoms with Crippen molar-refractivity contribution in [2.75, 3.05) is 13.2 Å². The van der Waals surface area contributed by atoms with E-state index in [1.165, 1.54) is 0 Å². The van der Waals surface area contributed by atoms with Crippen molar-refractivity contribution in [2.45, 2.75) is 23.1 Å². The number of sulfonamides is 1. The number of aliphatic hydroxyl groups is 2. The van der Waals surface area contributed by atoms with Crippen LogP contribution in [0.1, 0.15) is 0 Å². The summed E-state index contributed by atoms with van der Waals surface area (Å²) in [4.78, 5) is -0.103. The Bertz CT molecular complexity index is 533. The van der Waals surface area contributed by atoms with Gasteiger partial charge in [-0.15, -0.1) is 0 Å². The Morgan fingerprint density at radius 2 is 2.00 bits per heavy atom. The Balaban J connectivity index is 2.12. The average molecular weight is 291 g/mol. The predicted molar refractivity (Wildman–Crippen MR) is 63.3 cm³/mol. The van der Waals surface area contributed by atoms with Gasteiger partial charge in [0.15, 0.2) is 0 Å². The van der Waals surface area contributed by atoms with Gasteiger partial charge >= 0.3 is 0 Å².